The second kappa shape index (κ2) is 12.5. The monoisotopic (exact) mass is 703 g/mol. The van der Waals surface area contributed by atoms with E-state index in [0.717, 1.165) is 40.6 Å². The van der Waals surface area contributed by atoms with Gasteiger partial charge in [-0.15, -0.1) is 0 Å². The minimum absolute atomic E-state index is 0.896. The molecule has 0 saturated carbocycles. The Bertz CT molecular complexity index is 2260. The third-order valence-corrected chi connectivity index (χ3v) is 20.4. The molecule has 0 spiro atoms. The van der Waals surface area contributed by atoms with Crippen LogP contribution in [0.1, 0.15) is 38.8 Å². The summed E-state index contributed by atoms with van der Waals surface area (Å²) in [6, 6.07) is 40.4. The van der Waals surface area contributed by atoms with E-state index in [2.05, 4.69) is 154 Å². The van der Waals surface area contributed by atoms with E-state index >= 15 is 0 Å². The van der Waals surface area contributed by atoms with Crippen molar-refractivity contribution < 1.29 is 8.39 Å². The van der Waals surface area contributed by atoms with Gasteiger partial charge in [0.2, 0.25) is 0 Å². The third kappa shape index (κ3) is 5.11. The Balaban J connectivity index is 1.69. The van der Waals surface area contributed by atoms with Crippen molar-refractivity contribution in [1.82, 2.24) is 0 Å². The summed E-state index contributed by atoms with van der Waals surface area (Å²) in [7, 11) is -4.07. The van der Waals surface area contributed by atoms with E-state index in [1.165, 1.54) is 64.6 Å². The van der Waals surface area contributed by atoms with Crippen LogP contribution in [-0.4, -0.2) is 35.5 Å². The van der Waals surface area contributed by atoms with E-state index in [-0.39, 0.29) is 0 Å². The van der Waals surface area contributed by atoms with Crippen molar-refractivity contribution in [1.29, 1.82) is 0 Å². The molecule has 0 bridgehead atoms. The predicted molar refractivity (Wildman–Crippen MR) is 220 cm³/mol. The van der Waals surface area contributed by atoms with Crippen LogP contribution in [-0.2, 0) is 6.42 Å². The van der Waals surface area contributed by atoms with Crippen molar-refractivity contribution in [2.24, 2.45) is 0 Å². The van der Waals surface area contributed by atoms with Gasteiger partial charge in [-0.2, -0.15) is 0 Å². The highest BCUT2D eigenvalue weighted by Crippen LogP contribution is 2.61. The molecule has 0 amide bonds. The number of para-hydroxylation sites is 2. The van der Waals surface area contributed by atoms with Gasteiger partial charge in [0.05, 0.1) is 11.4 Å². The summed E-state index contributed by atoms with van der Waals surface area (Å²) in [5.41, 5.74) is 6.96. The summed E-state index contributed by atoms with van der Waals surface area (Å²) in [5.74, 6) is 4.36. The van der Waals surface area contributed by atoms with Crippen molar-refractivity contribution in [2.75, 3.05) is 40.2 Å². The molecule has 49 heavy (non-hydrogen) atoms. The van der Waals surface area contributed by atoms with Gasteiger partial charge in [0, 0.05) is 27.0 Å². The van der Waals surface area contributed by atoms with Gasteiger partial charge in [-0.05, 0) is 92.5 Å². The molecular weight excluding hydrogens is 658 g/mol. The van der Waals surface area contributed by atoms with Crippen molar-refractivity contribution in [3.8, 4) is 0 Å². The largest absolute Gasteiger partial charge is 0.402 e. The molecule has 0 fully saturated rings. The van der Waals surface area contributed by atoms with E-state index in [4.69, 9.17) is 8.39 Å². The average molecular weight is 704 g/mol. The summed E-state index contributed by atoms with van der Waals surface area (Å²) in [5, 5.41) is 7.37. The van der Waals surface area contributed by atoms with Crippen molar-refractivity contribution in [3.05, 3.63) is 120 Å². The van der Waals surface area contributed by atoms with Crippen molar-refractivity contribution in [3.63, 3.8) is 0 Å². The normalized spacial score (nSPS) is 14.0. The highest BCUT2D eigenvalue weighted by molar-refractivity contribution is 8.33. The molecule has 0 aliphatic carbocycles. The molecule has 6 aromatic carbocycles. The maximum atomic E-state index is 7.66. The van der Waals surface area contributed by atoms with Crippen LogP contribution < -0.4 is 4.67 Å². The zero-order valence-electron chi connectivity index (χ0n) is 29.5. The molecular formula is C43H46NO2PS2. The summed E-state index contributed by atoms with van der Waals surface area (Å²) in [4.78, 5) is 2.70. The Morgan fingerprint density at radius 2 is 0.939 bits per heavy atom. The molecule has 1 aromatic heterocycles. The van der Waals surface area contributed by atoms with E-state index < -0.39 is 28.2 Å². The second-order valence-corrected chi connectivity index (χ2v) is 23.0. The lowest BCUT2D eigenvalue weighted by molar-refractivity contribution is 0.631. The first kappa shape index (κ1) is 32.4. The molecule has 1 aliphatic rings. The minimum atomic E-state index is -1.66. The molecule has 252 valence electrons. The van der Waals surface area contributed by atoms with Gasteiger partial charge >= 0.3 is 8.16 Å². The highest BCUT2D eigenvalue weighted by atomic mass is 32.3. The summed E-state index contributed by atoms with van der Waals surface area (Å²) in [6.45, 7) is 9.41. The first-order valence-electron chi connectivity index (χ1n) is 17.5. The van der Waals surface area contributed by atoms with Crippen LogP contribution in [0.15, 0.2) is 127 Å². The Kier molecular flexibility index (Phi) is 8.30. The molecule has 8 rings (SSSR count). The highest BCUT2D eigenvalue weighted by Gasteiger charge is 2.32. The van der Waals surface area contributed by atoms with Crippen LogP contribution in [0.25, 0.3) is 43.5 Å². The number of nitrogens with zero attached hydrogens (tertiary/aromatic N) is 1. The third-order valence-electron chi connectivity index (χ3n) is 11.1. The van der Waals surface area contributed by atoms with Crippen molar-refractivity contribution in [2.45, 2.75) is 43.9 Å². The van der Waals surface area contributed by atoms with E-state index in [0.29, 0.717) is 0 Å². The van der Waals surface area contributed by atoms with Crippen LogP contribution >= 0.6 is 28.2 Å². The second-order valence-electron chi connectivity index (χ2n) is 13.5. The summed E-state index contributed by atoms with van der Waals surface area (Å²) in [6.07, 6.45) is 5.88. The van der Waals surface area contributed by atoms with E-state index in [9.17, 15) is 0 Å². The van der Waals surface area contributed by atoms with Crippen LogP contribution in [0.4, 0.5) is 11.4 Å². The fourth-order valence-corrected chi connectivity index (χ4v) is 13.4. The topological polar surface area (TPSA) is 29.5 Å². The molecule has 7 aromatic rings. The Labute approximate surface area is 294 Å². The van der Waals surface area contributed by atoms with Gasteiger partial charge in [-0.3, -0.25) is 0 Å². The maximum absolute atomic E-state index is 7.66. The van der Waals surface area contributed by atoms with E-state index in [1.807, 2.05) is 0 Å². The first-order chi connectivity index (χ1) is 23.8. The number of anilines is 2. The zero-order valence-corrected chi connectivity index (χ0v) is 32.0. The molecule has 2 heterocycles. The molecule has 0 saturated heterocycles. The summed E-state index contributed by atoms with van der Waals surface area (Å²) >= 11 is 0. The van der Waals surface area contributed by atoms with Crippen molar-refractivity contribution >= 4 is 83.1 Å². The number of fused-ring (bicyclic) bond motifs is 9. The Hall–Kier alpha value is -3.76. The maximum Gasteiger partial charge on any atom is 0.346 e. The van der Waals surface area contributed by atoms with Crippen LogP contribution in [0.3, 0.4) is 0 Å². The molecule has 0 unspecified atom stereocenters. The standard InChI is InChI=1S/C43H46NO2PS2/c1-7-48(5,8-2)38-28-30-19-11-15-23-34(30)40-41-35-24-16-12-20-31(35)29-39(49(6,9-3)10-4)43(41)46-47(45-42(38)40)44-36-25-17-13-21-32(36)27-33-22-14-18-26-37(33)44/h11-26,28-29H,7-10,27H2,1-6H3. The molecule has 3 nitrogen and oxygen atoms in total. The molecule has 0 radical (unpaired) electrons. The molecule has 0 atom stereocenters. The minimum Gasteiger partial charge on any atom is -0.402 e. The van der Waals surface area contributed by atoms with Crippen LogP contribution in [0, 0.1) is 0 Å². The van der Waals surface area contributed by atoms with Gasteiger partial charge in [0.1, 0.15) is 0 Å². The number of hydrogen-bond donors (Lipinski definition) is 0. The first-order valence-corrected chi connectivity index (χ1v) is 23.4. The lowest BCUT2D eigenvalue weighted by Crippen LogP contribution is -2.15. The van der Waals surface area contributed by atoms with Crippen LogP contribution in [0.5, 0.6) is 0 Å². The molecule has 6 heteroatoms. The van der Waals surface area contributed by atoms with Gasteiger partial charge in [0.15, 0.2) is 11.2 Å². The van der Waals surface area contributed by atoms with Gasteiger partial charge in [-0.25, -0.2) is 24.7 Å². The zero-order chi connectivity index (χ0) is 33.9. The number of rotatable bonds is 7. The SMILES string of the molecule is CCS(C)(CC)c1cc2ccccc2c2c1op(N1c3ccccc3Cc3ccccc31)oc1c(S(C)(CC)CC)cc3ccccc3c12. The summed E-state index contributed by atoms with van der Waals surface area (Å²) < 4.78 is 17.7. The number of hydrogen-bond acceptors (Lipinski definition) is 3. The van der Waals surface area contributed by atoms with E-state index in [1.54, 1.807) is 0 Å². The lowest BCUT2D eigenvalue weighted by atomic mass is 9.97. The fraction of sp³-hybridized carbons (Fsp3) is 0.256. The van der Waals surface area contributed by atoms with Crippen LogP contribution in [0.2, 0.25) is 0 Å². The lowest BCUT2D eigenvalue weighted by Gasteiger charge is -2.35. The quantitative estimate of drug-likeness (QED) is 0.165. The van der Waals surface area contributed by atoms with Gasteiger partial charge in [0.25, 0.3) is 0 Å². The van der Waals surface area contributed by atoms with Gasteiger partial charge in [-0.1, -0.05) is 113 Å². The average Bonchev–Trinajstić information content (AvgIpc) is 3.33. The smallest absolute Gasteiger partial charge is 0.346 e. The Morgan fingerprint density at radius 1 is 0.551 bits per heavy atom. The number of benzene rings is 6. The van der Waals surface area contributed by atoms with Gasteiger partial charge < -0.3 is 8.39 Å². The predicted octanol–water partition coefficient (Wildman–Crippen LogP) is 13.8. The molecule has 0 N–H and O–H groups in total. The fourth-order valence-electron chi connectivity index (χ4n) is 7.55. The Morgan fingerprint density at radius 3 is 1.37 bits per heavy atom. The molecule has 1 aliphatic heterocycles.